The van der Waals surface area contributed by atoms with Crippen molar-refractivity contribution >= 4 is 29.3 Å². The fourth-order valence-corrected chi connectivity index (χ4v) is 4.45. The van der Waals surface area contributed by atoms with E-state index in [1.165, 1.54) is 17.0 Å². The summed E-state index contributed by atoms with van der Waals surface area (Å²) in [4.78, 5) is 42.8. The van der Waals surface area contributed by atoms with E-state index >= 15 is 0 Å². The molecule has 180 valence electrons. The standard InChI is InChI=1S/C24H23ClF3N3O3/c25-20-6-4-17(5-7-20)22(33)29-8-10-30(11-9-29)23(34)18-13-21(32)31(15-18)14-16-2-1-3-19(12-16)24(26,27)28/h1-7,12,18H,8-11,13-15H2. The van der Waals surface area contributed by atoms with Crippen molar-refractivity contribution in [1.82, 2.24) is 14.7 Å². The van der Waals surface area contributed by atoms with Crippen molar-refractivity contribution in [3.63, 3.8) is 0 Å². The molecule has 0 saturated carbocycles. The molecule has 0 aromatic heterocycles. The van der Waals surface area contributed by atoms with E-state index in [0.717, 1.165) is 12.1 Å². The van der Waals surface area contributed by atoms with E-state index < -0.39 is 17.7 Å². The zero-order valence-electron chi connectivity index (χ0n) is 18.2. The first-order chi connectivity index (χ1) is 16.1. The fourth-order valence-electron chi connectivity index (χ4n) is 4.32. The van der Waals surface area contributed by atoms with E-state index in [0.29, 0.717) is 42.3 Å². The number of benzene rings is 2. The molecule has 4 rings (SSSR count). The van der Waals surface area contributed by atoms with Crippen molar-refractivity contribution < 1.29 is 27.6 Å². The Labute approximate surface area is 199 Å². The summed E-state index contributed by atoms with van der Waals surface area (Å²) in [6.07, 6.45) is -4.43. The first-order valence-corrected chi connectivity index (χ1v) is 11.3. The highest BCUT2D eigenvalue weighted by Crippen LogP contribution is 2.30. The van der Waals surface area contributed by atoms with Gasteiger partial charge in [-0.2, -0.15) is 13.2 Å². The molecule has 2 fully saturated rings. The van der Waals surface area contributed by atoms with Crippen LogP contribution in [0.25, 0.3) is 0 Å². The van der Waals surface area contributed by atoms with E-state index in [2.05, 4.69) is 0 Å². The van der Waals surface area contributed by atoms with Crippen molar-refractivity contribution in [3.05, 3.63) is 70.2 Å². The Morgan fingerprint density at radius 2 is 1.62 bits per heavy atom. The molecule has 0 aliphatic carbocycles. The molecule has 2 aromatic carbocycles. The Kier molecular flexibility index (Phi) is 6.84. The zero-order valence-corrected chi connectivity index (χ0v) is 19.0. The SMILES string of the molecule is O=C1CC(C(=O)N2CCN(C(=O)c3ccc(Cl)cc3)CC2)CN1Cc1cccc(C(F)(F)F)c1. The smallest absolute Gasteiger partial charge is 0.339 e. The molecule has 2 aliphatic rings. The summed E-state index contributed by atoms with van der Waals surface area (Å²) in [5.74, 6) is -1.10. The molecule has 3 amide bonds. The highest BCUT2D eigenvalue weighted by atomic mass is 35.5. The number of carbonyl (C=O) groups excluding carboxylic acids is 3. The number of rotatable bonds is 4. The minimum Gasteiger partial charge on any atom is -0.339 e. The minimum absolute atomic E-state index is 0.0237. The molecule has 2 aromatic rings. The second-order valence-corrected chi connectivity index (χ2v) is 8.93. The predicted octanol–water partition coefficient (Wildman–Crippen LogP) is 3.69. The summed E-state index contributed by atoms with van der Waals surface area (Å²) in [7, 11) is 0. The lowest BCUT2D eigenvalue weighted by atomic mass is 10.1. The number of amides is 3. The maximum Gasteiger partial charge on any atom is 0.416 e. The molecule has 2 aliphatic heterocycles. The van der Waals surface area contributed by atoms with Crippen LogP contribution in [0.5, 0.6) is 0 Å². The van der Waals surface area contributed by atoms with Crippen LogP contribution in [0.1, 0.15) is 27.9 Å². The molecular formula is C24H23ClF3N3O3. The molecule has 0 radical (unpaired) electrons. The second-order valence-electron chi connectivity index (χ2n) is 8.50. The van der Waals surface area contributed by atoms with Gasteiger partial charge < -0.3 is 14.7 Å². The summed E-state index contributed by atoms with van der Waals surface area (Å²) in [5, 5.41) is 0.542. The third-order valence-corrected chi connectivity index (χ3v) is 6.41. The summed E-state index contributed by atoms with van der Waals surface area (Å²) < 4.78 is 38.9. The third kappa shape index (κ3) is 5.35. The van der Waals surface area contributed by atoms with E-state index in [1.807, 2.05) is 0 Å². The topological polar surface area (TPSA) is 60.9 Å². The lowest BCUT2D eigenvalue weighted by Gasteiger charge is -2.36. The van der Waals surface area contributed by atoms with Gasteiger partial charge in [0.15, 0.2) is 0 Å². The largest absolute Gasteiger partial charge is 0.416 e. The van der Waals surface area contributed by atoms with Crippen LogP contribution in [0, 0.1) is 5.92 Å². The monoisotopic (exact) mass is 493 g/mol. The van der Waals surface area contributed by atoms with Gasteiger partial charge in [0.1, 0.15) is 0 Å². The summed E-state index contributed by atoms with van der Waals surface area (Å²) in [6.45, 7) is 1.66. The van der Waals surface area contributed by atoms with Crippen molar-refractivity contribution in [3.8, 4) is 0 Å². The molecule has 0 bridgehead atoms. The van der Waals surface area contributed by atoms with E-state index in [4.69, 9.17) is 11.6 Å². The van der Waals surface area contributed by atoms with Crippen LogP contribution in [0.2, 0.25) is 5.02 Å². The van der Waals surface area contributed by atoms with Gasteiger partial charge in [-0.05, 0) is 42.0 Å². The first kappa shape index (κ1) is 24.1. The molecule has 0 spiro atoms. The van der Waals surface area contributed by atoms with Gasteiger partial charge in [0.2, 0.25) is 11.8 Å². The van der Waals surface area contributed by atoms with Gasteiger partial charge in [-0.15, -0.1) is 0 Å². The van der Waals surface area contributed by atoms with Crippen LogP contribution in [0.4, 0.5) is 13.2 Å². The highest BCUT2D eigenvalue weighted by molar-refractivity contribution is 6.30. The molecule has 10 heteroatoms. The fraction of sp³-hybridized carbons (Fsp3) is 0.375. The lowest BCUT2D eigenvalue weighted by Crippen LogP contribution is -2.52. The molecular weight excluding hydrogens is 471 g/mol. The van der Waals surface area contributed by atoms with Gasteiger partial charge in [0, 0.05) is 56.3 Å². The first-order valence-electron chi connectivity index (χ1n) is 10.9. The average molecular weight is 494 g/mol. The van der Waals surface area contributed by atoms with Gasteiger partial charge >= 0.3 is 6.18 Å². The van der Waals surface area contributed by atoms with Crippen LogP contribution in [-0.2, 0) is 22.3 Å². The average Bonchev–Trinajstić information content (AvgIpc) is 3.18. The summed E-state index contributed by atoms with van der Waals surface area (Å²) in [6, 6.07) is 11.5. The maximum absolute atomic E-state index is 13.0. The third-order valence-electron chi connectivity index (χ3n) is 6.16. The minimum atomic E-state index is -4.46. The second kappa shape index (κ2) is 9.66. The number of nitrogens with zero attached hydrogens (tertiary/aromatic N) is 3. The van der Waals surface area contributed by atoms with E-state index in [1.54, 1.807) is 34.1 Å². The molecule has 2 saturated heterocycles. The van der Waals surface area contributed by atoms with Gasteiger partial charge in [0.25, 0.3) is 5.91 Å². The van der Waals surface area contributed by atoms with Crippen molar-refractivity contribution in [2.75, 3.05) is 32.7 Å². The van der Waals surface area contributed by atoms with Crippen molar-refractivity contribution in [2.45, 2.75) is 19.1 Å². The number of alkyl halides is 3. The Hall–Kier alpha value is -3.07. The zero-order chi connectivity index (χ0) is 24.5. The molecule has 1 unspecified atom stereocenters. The number of likely N-dealkylation sites (tertiary alicyclic amines) is 1. The Morgan fingerprint density at radius 1 is 0.971 bits per heavy atom. The number of hydrogen-bond acceptors (Lipinski definition) is 3. The quantitative estimate of drug-likeness (QED) is 0.652. The van der Waals surface area contributed by atoms with E-state index in [-0.39, 0.29) is 37.2 Å². The number of carbonyl (C=O) groups is 3. The van der Waals surface area contributed by atoms with Gasteiger partial charge in [-0.25, -0.2) is 0 Å². The maximum atomic E-state index is 13.0. The van der Waals surface area contributed by atoms with Gasteiger partial charge in [0.05, 0.1) is 11.5 Å². The van der Waals surface area contributed by atoms with Crippen LogP contribution in [-0.4, -0.2) is 65.1 Å². The predicted molar refractivity (Wildman–Crippen MR) is 119 cm³/mol. The van der Waals surface area contributed by atoms with Gasteiger partial charge in [-0.1, -0.05) is 23.7 Å². The van der Waals surface area contributed by atoms with Crippen LogP contribution in [0.3, 0.4) is 0 Å². The van der Waals surface area contributed by atoms with Gasteiger partial charge in [-0.3, -0.25) is 14.4 Å². The molecule has 34 heavy (non-hydrogen) atoms. The van der Waals surface area contributed by atoms with Crippen molar-refractivity contribution in [1.29, 1.82) is 0 Å². The molecule has 1 atom stereocenters. The molecule has 0 N–H and O–H groups in total. The number of hydrogen-bond donors (Lipinski definition) is 0. The van der Waals surface area contributed by atoms with Crippen LogP contribution in [0.15, 0.2) is 48.5 Å². The molecule has 6 nitrogen and oxygen atoms in total. The highest BCUT2D eigenvalue weighted by Gasteiger charge is 2.38. The van der Waals surface area contributed by atoms with Crippen molar-refractivity contribution in [2.24, 2.45) is 5.92 Å². The lowest BCUT2D eigenvalue weighted by molar-refractivity contribution is -0.138. The Bertz CT molecular complexity index is 1080. The van der Waals surface area contributed by atoms with Crippen LogP contribution < -0.4 is 0 Å². The summed E-state index contributed by atoms with van der Waals surface area (Å²) >= 11 is 5.87. The Balaban J connectivity index is 1.32. The van der Waals surface area contributed by atoms with Crippen LogP contribution >= 0.6 is 11.6 Å². The van der Waals surface area contributed by atoms with E-state index in [9.17, 15) is 27.6 Å². The normalized spacial score (nSPS) is 19.0. The molecule has 2 heterocycles. The Morgan fingerprint density at radius 3 is 2.26 bits per heavy atom. The summed E-state index contributed by atoms with van der Waals surface area (Å²) in [5.41, 5.74) is 0.122. The number of piperazine rings is 1. The number of halogens is 4.